The Balaban J connectivity index is 1.99. The van der Waals surface area contributed by atoms with E-state index < -0.39 is 0 Å². The van der Waals surface area contributed by atoms with Crippen molar-refractivity contribution in [2.24, 2.45) is 0 Å². The quantitative estimate of drug-likeness (QED) is 0.694. The molecular weight excluding hydrogens is 194 g/mol. The summed E-state index contributed by atoms with van der Waals surface area (Å²) in [5, 5.41) is 0. The first-order valence-corrected chi connectivity index (χ1v) is 5.70. The Morgan fingerprint density at radius 2 is 1.93 bits per heavy atom. The van der Waals surface area contributed by atoms with Crippen LogP contribution in [-0.2, 0) is 4.74 Å². The summed E-state index contributed by atoms with van der Waals surface area (Å²) in [6, 6.07) is 8.51. The van der Waals surface area contributed by atoms with E-state index in [9.17, 15) is 0 Å². The van der Waals surface area contributed by atoms with Crippen LogP contribution in [0.2, 0.25) is 0 Å². The van der Waals surface area contributed by atoms with Crippen molar-refractivity contribution in [1.29, 1.82) is 0 Å². The van der Waals surface area contributed by atoms with Crippen LogP contribution in [0.5, 0.6) is 0 Å². The van der Waals surface area contributed by atoms with Gasteiger partial charge in [0.05, 0.1) is 13.2 Å². The Bertz CT molecular complexity index is 297. The molecule has 0 aromatic heterocycles. The number of ether oxygens (including phenoxy) is 1. The predicted octanol–water partition coefficient (Wildman–Crippen LogP) is 2.33. The fourth-order valence-electron chi connectivity index (χ4n) is 1.44. The Morgan fingerprint density at radius 1 is 1.21 bits per heavy atom. The van der Waals surface area contributed by atoms with Gasteiger partial charge >= 0.3 is 0 Å². The van der Waals surface area contributed by atoms with Gasteiger partial charge in [-0.1, -0.05) is 18.2 Å². The van der Waals surface area contributed by atoms with E-state index in [1.165, 1.54) is 10.5 Å². The van der Waals surface area contributed by atoms with E-state index in [0.29, 0.717) is 0 Å². The first-order chi connectivity index (χ1) is 6.86. The first-order valence-electron chi connectivity index (χ1n) is 4.92. The second kappa shape index (κ2) is 4.82. The summed E-state index contributed by atoms with van der Waals surface area (Å²) in [6.07, 6.45) is 0. The Morgan fingerprint density at radius 3 is 2.64 bits per heavy atom. The molecule has 2 rings (SSSR count). The number of hydrogen-bond acceptors (Lipinski definition) is 3. The normalized spacial score (nSPS) is 18.4. The van der Waals surface area contributed by atoms with Crippen molar-refractivity contribution in [3.63, 3.8) is 0 Å². The molecule has 76 valence electrons. The van der Waals surface area contributed by atoms with Crippen molar-refractivity contribution in [1.82, 2.24) is 4.31 Å². The lowest BCUT2D eigenvalue weighted by Gasteiger charge is -2.25. The van der Waals surface area contributed by atoms with Crippen molar-refractivity contribution < 1.29 is 4.74 Å². The van der Waals surface area contributed by atoms with E-state index in [1.54, 1.807) is 0 Å². The van der Waals surface area contributed by atoms with E-state index in [-0.39, 0.29) is 0 Å². The van der Waals surface area contributed by atoms with Crippen LogP contribution in [0.25, 0.3) is 0 Å². The summed E-state index contributed by atoms with van der Waals surface area (Å²) in [5.41, 5.74) is 1.35. The smallest absolute Gasteiger partial charge is 0.0603 e. The van der Waals surface area contributed by atoms with Gasteiger partial charge in [-0.15, -0.1) is 0 Å². The number of hydrogen-bond donors (Lipinski definition) is 0. The van der Waals surface area contributed by atoms with Crippen molar-refractivity contribution >= 4 is 11.9 Å². The highest BCUT2D eigenvalue weighted by Crippen LogP contribution is 2.25. The van der Waals surface area contributed by atoms with Gasteiger partial charge in [-0.05, 0) is 30.5 Å². The van der Waals surface area contributed by atoms with Crippen LogP contribution >= 0.6 is 11.9 Å². The SMILES string of the molecule is Cc1ccccc1SN1CCOCC1. The predicted molar refractivity (Wildman–Crippen MR) is 59.4 cm³/mol. The van der Waals surface area contributed by atoms with Crippen LogP contribution in [0, 0.1) is 6.92 Å². The average Bonchev–Trinajstić information content (AvgIpc) is 2.23. The summed E-state index contributed by atoms with van der Waals surface area (Å²) in [5.74, 6) is 0. The molecule has 1 saturated heterocycles. The Kier molecular flexibility index (Phi) is 3.45. The third kappa shape index (κ3) is 2.50. The largest absolute Gasteiger partial charge is 0.379 e. The van der Waals surface area contributed by atoms with Gasteiger partial charge in [0.15, 0.2) is 0 Å². The lowest BCUT2D eigenvalue weighted by Crippen LogP contribution is -2.30. The minimum absolute atomic E-state index is 0.860. The zero-order valence-corrected chi connectivity index (χ0v) is 9.22. The molecule has 0 radical (unpaired) electrons. The standard InChI is InChI=1S/C11H15NOS/c1-10-4-2-3-5-11(10)14-12-6-8-13-9-7-12/h2-5H,6-9H2,1H3. The molecule has 0 bridgehead atoms. The molecule has 3 heteroatoms. The van der Waals surface area contributed by atoms with Crippen LogP contribution in [0.15, 0.2) is 29.2 Å². The van der Waals surface area contributed by atoms with E-state index in [1.807, 2.05) is 11.9 Å². The van der Waals surface area contributed by atoms with Gasteiger partial charge in [-0.25, -0.2) is 4.31 Å². The van der Waals surface area contributed by atoms with E-state index in [4.69, 9.17) is 4.74 Å². The van der Waals surface area contributed by atoms with Crippen LogP contribution in [0.4, 0.5) is 0 Å². The summed E-state index contributed by atoms with van der Waals surface area (Å²) in [7, 11) is 0. The first kappa shape index (κ1) is 10.0. The third-order valence-corrected chi connectivity index (χ3v) is 3.57. The van der Waals surface area contributed by atoms with Crippen LogP contribution in [-0.4, -0.2) is 30.6 Å². The minimum Gasteiger partial charge on any atom is -0.379 e. The Hall–Kier alpha value is -0.510. The summed E-state index contributed by atoms with van der Waals surface area (Å²) in [6.45, 7) is 5.93. The van der Waals surface area contributed by atoms with Gasteiger partial charge in [0.1, 0.15) is 0 Å². The monoisotopic (exact) mass is 209 g/mol. The molecule has 0 N–H and O–H groups in total. The van der Waals surface area contributed by atoms with E-state index in [0.717, 1.165) is 26.3 Å². The second-order valence-corrected chi connectivity index (χ2v) is 4.54. The number of benzene rings is 1. The number of aryl methyl sites for hydroxylation is 1. The van der Waals surface area contributed by atoms with Gasteiger partial charge < -0.3 is 4.74 Å². The average molecular weight is 209 g/mol. The molecule has 0 aliphatic carbocycles. The van der Waals surface area contributed by atoms with Gasteiger partial charge in [0.2, 0.25) is 0 Å². The highest BCUT2D eigenvalue weighted by atomic mass is 32.2. The van der Waals surface area contributed by atoms with Crippen molar-refractivity contribution in [3.05, 3.63) is 29.8 Å². The van der Waals surface area contributed by atoms with Crippen molar-refractivity contribution in [2.75, 3.05) is 26.3 Å². The molecule has 1 aliphatic heterocycles. The molecule has 1 aromatic carbocycles. The molecule has 1 fully saturated rings. The van der Waals surface area contributed by atoms with Gasteiger partial charge in [0.25, 0.3) is 0 Å². The molecule has 0 saturated carbocycles. The number of morpholine rings is 1. The van der Waals surface area contributed by atoms with Crippen LogP contribution < -0.4 is 0 Å². The molecule has 0 atom stereocenters. The maximum atomic E-state index is 5.31. The summed E-state index contributed by atoms with van der Waals surface area (Å²) < 4.78 is 7.68. The lowest BCUT2D eigenvalue weighted by molar-refractivity contribution is 0.0773. The summed E-state index contributed by atoms with van der Waals surface area (Å²) in [4.78, 5) is 1.36. The Labute approximate surface area is 89.4 Å². The van der Waals surface area contributed by atoms with Gasteiger partial charge in [0, 0.05) is 18.0 Å². The fourth-order valence-corrected chi connectivity index (χ4v) is 2.40. The zero-order valence-electron chi connectivity index (χ0n) is 8.40. The van der Waals surface area contributed by atoms with Gasteiger partial charge in [-0.2, -0.15) is 0 Å². The third-order valence-electron chi connectivity index (χ3n) is 2.29. The molecular formula is C11H15NOS. The highest BCUT2D eigenvalue weighted by molar-refractivity contribution is 7.97. The molecule has 0 unspecified atom stereocenters. The molecule has 1 aliphatic rings. The van der Waals surface area contributed by atoms with Gasteiger partial charge in [-0.3, -0.25) is 0 Å². The zero-order chi connectivity index (χ0) is 9.80. The fraction of sp³-hybridized carbons (Fsp3) is 0.455. The van der Waals surface area contributed by atoms with E-state index in [2.05, 4.69) is 35.5 Å². The number of rotatable bonds is 2. The van der Waals surface area contributed by atoms with Crippen LogP contribution in [0.3, 0.4) is 0 Å². The minimum atomic E-state index is 0.860. The van der Waals surface area contributed by atoms with Crippen molar-refractivity contribution in [2.45, 2.75) is 11.8 Å². The number of nitrogens with zero attached hydrogens (tertiary/aromatic N) is 1. The molecule has 0 amide bonds. The molecule has 0 spiro atoms. The van der Waals surface area contributed by atoms with Crippen molar-refractivity contribution in [3.8, 4) is 0 Å². The maximum absolute atomic E-state index is 5.31. The van der Waals surface area contributed by atoms with E-state index >= 15 is 0 Å². The summed E-state index contributed by atoms with van der Waals surface area (Å²) >= 11 is 1.84. The molecule has 1 heterocycles. The molecule has 2 nitrogen and oxygen atoms in total. The van der Waals surface area contributed by atoms with Crippen LogP contribution in [0.1, 0.15) is 5.56 Å². The highest BCUT2D eigenvalue weighted by Gasteiger charge is 2.12. The lowest BCUT2D eigenvalue weighted by atomic mass is 10.2. The molecule has 1 aromatic rings. The topological polar surface area (TPSA) is 12.5 Å². The maximum Gasteiger partial charge on any atom is 0.0603 e. The second-order valence-electron chi connectivity index (χ2n) is 3.40. The molecule has 14 heavy (non-hydrogen) atoms.